The zero-order valence-corrected chi connectivity index (χ0v) is 19.0. The first-order valence-corrected chi connectivity index (χ1v) is 10.6. The molecule has 1 saturated carbocycles. The average molecular weight is 453 g/mol. The quantitative estimate of drug-likeness (QED) is 0.550. The Hall–Kier alpha value is -2.29. The van der Waals surface area contributed by atoms with Gasteiger partial charge in [0, 0.05) is 6.04 Å². The Kier molecular flexibility index (Phi) is 10.1. The van der Waals surface area contributed by atoms with Crippen molar-refractivity contribution in [2.45, 2.75) is 64.3 Å². The first-order chi connectivity index (χ1) is 14.5. The van der Waals surface area contributed by atoms with E-state index in [1.54, 1.807) is 0 Å². The van der Waals surface area contributed by atoms with E-state index in [9.17, 15) is 4.79 Å². The number of halogens is 1. The Bertz CT molecular complexity index is 792. The summed E-state index contributed by atoms with van der Waals surface area (Å²) in [6.45, 7) is 4.93. The molecule has 9 heteroatoms. The molecule has 1 aromatic heterocycles. The molecule has 0 atom stereocenters. The van der Waals surface area contributed by atoms with Crippen molar-refractivity contribution in [2.75, 3.05) is 18.5 Å². The van der Waals surface area contributed by atoms with Crippen molar-refractivity contribution in [3.05, 3.63) is 42.1 Å². The molecule has 1 aliphatic rings. The van der Waals surface area contributed by atoms with Crippen LogP contribution in [0.4, 0.5) is 10.5 Å². The van der Waals surface area contributed by atoms with E-state index in [2.05, 4.69) is 10.4 Å². The first-order valence-electron chi connectivity index (χ1n) is 10.6. The van der Waals surface area contributed by atoms with Crippen molar-refractivity contribution in [3.8, 4) is 5.88 Å². The molecule has 0 aliphatic heterocycles. The molecule has 0 bridgehead atoms. The number of aromatic nitrogens is 2. The number of nitrogens with one attached hydrogen (secondary N) is 1. The zero-order valence-electron chi connectivity index (χ0n) is 18.2. The average Bonchev–Trinajstić information content (AvgIpc) is 3.13. The molecule has 1 aliphatic carbocycles. The van der Waals surface area contributed by atoms with Crippen molar-refractivity contribution >= 4 is 24.2 Å². The fourth-order valence-corrected chi connectivity index (χ4v) is 3.41. The third kappa shape index (κ3) is 8.05. The lowest BCUT2D eigenvalue weighted by Gasteiger charge is -2.26. The lowest BCUT2D eigenvalue weighted by atomic mass is 9.92. The smallest absolute Gasteiger partial charge is 0.412 e. The molecule has 1 fully saturated rings. The van der Waals surface area contributed by atoms with Crippen LogP contribution in [0.3, 0.4) is 0 Å². The fourth-order valence-electron chi connectivity index (χ4n) is 3.41. The number of amides is 1. The predicted molar refractivity (Wildman–Crippen MR) is 122 cm³/mol. The third-order valence-corrected chi connectivity index (χ3v) is 5.04. The fraction of sp³-hybridized carbons (Fsp3) is 0.545. The third-order valence-electron chi connectivity index (χ3n) is 5.04. The largest absolute Gasteiger partial charge is 0.473 e. The highest BCUT2D eigenvalue weighted by molar-refractivity contribution is 5.86. The van der Waals surface area contributed by atoms with Crippen LogP contribution >= 0.6 is 12.4 Å². The van der Waals surface area contributed by atoms with Crippen LogP contribution in [0.5, 0.6) is 5.88 Å². The molecule has 0 spiro atoms. The van der Waals surface area contributed by atoms with Crippen LogP contribution in [0.15, 0.2) is 36.5 Å². The van der Waals surface area contributed by atoms with E-state index >= 15 is 0 Å². The van der Waals surface area contributed by atoms with Crippen LogP contribution in [-0.2, 0) is 16.1 Å². The number of hydrogen-bond donors (Lipinski definition) is 2. The summed E-state index contributed by atoms with van der Waals surface area (Å²) in [6.07, 6.45) is 5.22. The molecular weight excluding hydrogens is 420 g/mol. The van der Waals surface area contributed by atoms with Crippen molar-refractivity contribution in [2.24, 2.45) is 5.73 Å². The summed E-state index contributed by atoms with van der Waals surface area (Å²) in [5.74, 6) is 0.369. The molecule has 8 nitrogen and oxygen atoms in total. The minimum Gasteiger partial charge on any atom is -0.473 e. The van der Waals surface area contributed by atoms with Crippen LogP contribution < -0.4 is 15.8 Å². The summed E-state index contributed by atoms with van der Waals surface area (Å²) in [4.78, 5) is 12.3. The van der Waals surface area contributed by atoms with Crippen molar-refractivity contribution in [1.82, 2.24) is 9.78 Å². The number of carbonyl (C=O) groups is 1. The van der Waals surface area contributed by atoms with Gasteiger partial charge in [-0.25, -0.2) is 4.79 Å². The second-order valence-corrected chi connectivity index (χ2v) is 7.85. The van der Waals surface area contributed by atoms with Crippen molar-refractivity contribution in [3.63, 3.8) is 0 Å². The highest BCUT2D eigenvalue weighted by Crippen LogP contribution is 2.31. The van der Waals surface area contributed by atoms with Crippen LogP contribution in [0.1, 0.15) is 51.1 Å². The topological polar surface area (TPSA) is 101 Å². The van der Waals surface area contributed by atoms with Gasteiger partial charge in [0.05, 0.1) is 24.9 Å². The molecule has 3 N–H and O–H groups in total. The minimum atomic E-state index is -0.549. The molecule has 172 valence electrons. The molecule has 1 aromatic carbocycles. The molecule has 0 unspecified atom stereocenters. The van der Waals surface area contributed by atoms with Gasteiger partial charge in [0.2, 0.25) is 0 Å². The van der Waals surface area contributed by atoms with E-state index < -0.39 is 6.09 Å². The van der Waals surface area contributed by atoms with Gasteiger partial charge < -0.3 is 19.9 Å². The van der Waals surface area contributed by atoms with E-state index in [-0.39, 0.29) is 37.2 Å². The van der Waals surface area contributed by atoms with Gasteiger partial charge in [-0.15, -0.1) is 17.5 Å². The van der Waals surface area contributed by atoms with Gasteiger partial charge in [0.15, 0.2) is 0 Å². The maximum Gasteiger partial charge on any atom is 0.412 e. The molecule has 0 saturated heterocycles. The van der Waals surface area contributed by atoms with Crippen LogP contribution in [-0.4, -0.2) is 41.2 Å². The second kappa shape index (κ2) is 12.5. The minimum absolute atomic E-state index is 0. The standard InChI is InChI=1S/C22H32N4O4.ClH/c1-16(2)28-12-13-29-21-20(14-26(25-21)19-10-8-18(23)9-11-19)24-22(27)30-15-17-6-4-3-5-7-17;/h3-7,14,16,18-19H,8-13,15,23H2,1-2H3,(H,24,27);1H. The van der Waals surface area contributed by atoms with Gasteiger partial charge in [0.1, 0.15) is 18.9 Å². The van der Waals surface area contributed by atoms with Gasteiger partial charge in [-0.05, 0) is 45.1 Å². The summed E-state index contributed by atoms with van der Waals surface area (Å²) in [6, 6.07) is 10.0. The summed E-state index contributed by atoms with van der Waals surface area (Å²) in [5.41, 5.74) is 7.43. The SMILES string of the molecule is CC(C)OCCOc1nn(C2CCC(N)CC2)cc1NC(=O)OCc1ccccc1.Cl. The zero-order chi connectivity index (χ0) is 21.3. The highest BCUT2D eigenvalue weighted by Gasteiger charge is 2.23. The van der Waals surface area contributed by atoms with Crippen molar-refractivity contribution in [1.29, 1.82) is 0 Å². The van der Waals surface area contributed by atoms with E-state index in [1.807, 2.05) is 55.1 Å². The van der Waals surface area contributed by atoms with E-state index in [4.69, 9.17) is 19.9 Å². The number of nitrogens with zero attached hydrogens (tertiary/aromatic N) is 2. The van der Waals surface area contributed by atoms with Crippen LogP contribution in [0, 0.1) is 0 Å². The van der Waals surface area contributed by atoms with Gasteiger partial charge in [-0.1, -0.05) is 30.3 Å². The normalized spacial score (nSPS) is 18.3. The lowest BCUT2D eigenvalue weighted by Crippen LogP contribution is -2.28. The number of carbonyl (C=O) groups excluding carboxylic acids is 1. The van der Waals surface area contributed by atoms with Gasteiger partial charge in [-0.2, -0.15) is 0 Å². The number of rotatable bonds is 9. The second-order valence-electron chi connectivity index (χ2n) is 7.85. The van der Waals surface area contributed by atoms with E-state index in [1.165, 1.54) is 0 Å². The maximum absolute atomic E-state index is 12.3. The van der Waals surface area contributed by atoms with Gasteiger partial charge >= 0.3 is 6.09 Å². The molecule has 0 radical (unpaired) electrons. The summed E-state index contributed by atoms with van der Waals surface area (Å²) in [5, 5.41) is 7.34. The maximum atomic E-state index is 12.3. The number of hydrogen-bond acceptors (Lipinski definition) is 6. The molecule has 31 heavy (non-hydrogen) atoms. The Morgan fingerprint density at radius 2 is 1.90 bits per heavy atom. The number of ether oxygens (including phenoxy) is 3. The molecule has 1 heterocycles. The van der Waals surface area contributed by atoms with Gasteiger partial charge in [-0.3, -0.25) is 10.00 Å². The Balaban J connectivity index is 0.00000341. The van der Waals surface area contributed by atoms with Crippen LogP contribution in [0.2, 0.25) is 0 Å². The Labute approximate surface area is 189 Å². The molecule has 2 aromatic rings. The molecular formula is C22H33ClN4O4. The Morgan fingerprint density at radius 3 is 2.58 bits per heavy atom. The lowest BCUT2D eigenvalue weighted by molar-refractivity contribution is 0.0541. The summed E-state index contributed by atoms with van der Waals surface area (Å²) >= 11 is 0. The molecule has 1 amide bonds. The first kappa shape index (κ1) is 25.0. The predicted octanol–water partition coefficient (Wildman–Crippen LogP) is 4.30. The summed E-state index contributed by atoms with van der Waals surface area (Å²) in [7, 11) is 0. The monoisotopic (exact) mass is 452 g/mol. The summed E-state index contributed by atoms with van der Waals surface area (Å²) < 4.78 is 18.5. The van der Waals surface area contributed by atoms with Crippen molar-refractivity contribution < 1.29 is 19.0 Å². The van der Waals surface area contributed by atoms with Crippen LogP contribution in [0.25, 0.3) is 0 Å². The Morgan fingerprint density at radius 1 is 1.19 bits per heavy atom. The van der Waals surface area contributed by atoms with Gasteiger partial charge in [0.25, 0.3) is 5.88 Å². The highest BCUT2D eigenvalue weighted by atomic mass is 35.5. The number of benzene rings is 1. The number of anilines is 1. The van der Waals surface area contributed by atoms with E-state index in [0.29, 0.717) is 24.8 Å². The van der Waals surface area contributed by atoms with E-state index in [0.717, 1.165) is 31.2 Å². The molecule has 3 rings (SSSR count). The number of nitrogens with two attached hydrogens (primary N) is 1.